The zero-order valence-electron chi connectivity index (χ0n) is 11.4. The molecule has 0 aromatic carbocycles. The van der Waals surface area contributed by atoms with Crippen LogP contribution in [0.1, 0.15) is 51.8 Å². The predicted molar refractivity (Wildman–Crippen MR) is 69.8 cm³/mol. The van der Waals surface area contributed by atoms with E-state index in [0.717, 1.165) is 31.5 Å². The van der Waals surface area contributed by atoms with Crippen molar-refractivity contribution in [3.63, 3.8) is 0 Å². The molecule has 1 aromatic rings. The second kappa shape index (κ2) is 5.04. The van der Waals surface area contributed by atoms with E-state index >= 15 is 0 Å². The van der Waals surface area contributed by atoms with Crippen molar-refractivity contribution >= 4 is 5.91 Å². The van der Waals surface area contributed by atoms with E-state index in [1.807, 2.05) is 25.7 Å². The highest BCUT2D eigenvalue weighted by molar-refractivity contribution is 5.82. The lowest BCUT2D eigenvalue weighted by Crippen LogP contribution is -2.44. The molecule has 1 atom stereocenters. The first-order valence-electron chi connectivity index (χ1n) is 6.57. The summed E-state index contributed by atoms with van der Waals surface area (Å²) in [6, 6.07) is 0.0965. The standard InChI is InChI=1S/C14H21N3O/c1-14(2,3)13(18)17-9-5-4-6-12(17)11-10-15-7-8-16-11/h7-8,10,12H,4-6,9H2,1-3H3. The lowest BCUT2D eigenvalue weighted by atomic mass is 9.90. The first kappa shape index (κ1) is 13.0. The lowest BCUT2D eigenvalue weighted by Gasteiger charge is -2.38. The van der Waals surface area contributed by atoms with Gasteiger partial charge < -0.3 is 4.90 Å². The van der Waals surface area contributed by atoms with Crippen LogP contribution in [0.2, 0.25) is 0 Å². The van der Waals surface area contributed by atoms with Crippen LogP contribution in [-0.2, 0) is 4.79 Å². The smallest absolute Gasteiger partial charge is 0.228 e. The molecule has 1 aliphatic heterocycles. The fourth-order valence-electron chi connectivity index (χ4n) is 2.40. The van der Waals surface area contributed by atoms with Crippen LogP contribution in [0.5, 0.6) is 0 Å². The van der Waals surface area contributed by atoms with Crippen LogP contribution in [0.15, 0.2) is 18.6 Å². The Balaban J connectivity index is 2.24. The predicted octanol–water partition coefficient (Wildman–Crippen LogP) is 2.58. The molecule has 1 unspecified atom stereocenters. The van der Waals surface area contributed by atoms with Gasteiger partial charge in [-0.05, 0) is 19.3 Å². The van der Waals surface area contributed by atoms with Crippen LogP contribution in [0.3, 0.4) is 0 Å². The van der Waals surface area contributed by atoms with Crippen molar-refractivity contribution in [2.75, 3.05) is 6.54 Å². The molecule has 2 heterocycles. The molecular weight excluding hydrogens is 226 g/mol. The quantitative estimate of drug-likeness (QED) is 0.766. The summed E-state index contributed by atoms with van der Waals surface area (Å²) in [4.78, 5) is 22.9. The van der Waals surface area contributed by atoms with Crippen molar-refractivity contribution in [1.29, 1.82) is 0 Å². The van der Waals surface area contributed by atoms with Crippen molar-refractivity contribution < 1.29 is 4.79 Å². The van der Waals surface area contributed by atoms with E-state index in [1.54, 1.807) is 18.6 Å². The molecule has 2 rings (SSSR count). The summed E-state index contributed by atoms with van der Waals surface area (Å²) in [7, 11) is 0. The third-order valence-corrected chi connectivity index (χ3v) is 3.33. The lowest BCUT2D eigenvalue weighted by molar-refractivity contribution is -0.143. The summed E-state index contributed by atoms with van der Waals surface area (Å²) >= 11 is 0. The van der Waals surface area contributed by atoms with Gasteiger partial charge in [0.1, 0.15) is 0 Å². The van der Waals surface area contributed by atoms with Gasteiger partial charge in [0.05, 0.1) is 17.9 Å². The van der Waals surface area contributed by atoms with E-state index in [2.05, 4.69) is 9.97 Å². The highest BCUT2D eigenvalue weighted by Gasteiger charge is 2.34. The van der Waals surface area contributed by atoms with Crippen molar-refractivity contribution in [1.82, 2.24) is 14.9 Å². The van der Waals surface area contributed by atoms with E-state index < -0.39 is 0 Å². The summed E-state index contributed by atoms with van der Waals surface area (Å²) < 4.78 is 0. The maximum absolute atomic E-state index is 12.5. The van der Waals surface area contributed by atoms with Crippen LogP contribution >= 0.6 is 0 Å². The number of piperidine rings is 1. The molecule has 1 aromatic heterocycles. The van der Waals surface area contributed by atoms with Crippen molar-refractivity contribution in [2.45, 2.75) is 46.1 Å². The van der Waals surface area contributed by atoms with Gasteiger partial charge in [-0.15, -0.1) is 0 Å². The molecule has 4 heteroatoms. The highest BCUT2D eigenvalue weighted by atomic mass is 16.2. The van der Waals surface area contributed by atoms with E-state index in [-0.39, 0.29) is 17.4 Å². The first-order valence-corrected chi connectivity index (χ1v) is 6.57. The van der Waals surface area contributed by atoms with E-state index in [0.29, 0.717) is 0 Å². The Hall–Kier alpha value is -1.45. The van der Waals surface area contributed by atoms with Crippen LogP contribution in [0.4, 0.5) is 0 Å². The minimum Gasteiger partial charge on any atom is -0.334 e. The van der Waals surface area contributed by atoms with Gasteiger partial charge in [0.15, 0.2) is 0 Å². The van der Waals surface area contributed by atoms with Gasteiger partial charge in [-0.25, -0.2) is 0 Å². The summed E-state index contributed by atoms with van der Waals surface area (Å²) in [6.45, 7) is 6.74. The number of hydrogen-bond acceptors (Lipinski definition) is 3. The zero-order valence-corrected chi connectivity index (χ0v) is 11.4. The minimum absolute atomic E-state index is 0.0965. The number of rotatable bonds is 1. The summed E-state index contributed by atoms with van der Waals surface area (Å²) in [5.41, 5.74) is 0.576. The van der Waals surface area contributed by atoms with Crippen molar-refractivity contribution in [3.05, 3.63) is 24.3 Å². The first-order chi connectivity index (χ1) is 8.50. The normalized spacial score (nSPS) is 20.8. The van der Waals surface area contributed by atoms with Gasteiger partial charge in [-0.2, -0.15) is 0 Å². The van der Waals surface area contributed by atoms with E-state index in [4.69, 9.17) is 0 Å². The number of aromatic nitrogens is 2. The summed E-state index contributed by atoms with van der Waals surface area (Å²) in [5.74, 6) is 0.206. The van der Waals surface area contributed by atoms with Gasteiger partial charge in [0.25, 0.3) is 0 Å². The molecule has 18 heavy (non-hydrogen) atoms. The van der Waals surface area contributed by atoms with Crippen LogP contribution < -0.4 is 0 Å². The molecule has 0 N–H and O–H groups in total. The molecule has 98 valence electrons. The highest BCUT2D eigenvalue weighted by Crippen LogP contribution is 2.32. The third-order valence-electron chi connectivity index (χ3n) is 3.33. The average molecular weight is 247 g/mol. The zero-order chi connectivity index (χ0) is 13.2. The molecule has 1 aliphatic rings. The fourth-order valence-corrected chi connectivity index (χ4v) is 2.40. The topological polar surface area (TPSA) is 46.1 Å². The minimum atomic E-state index is -0.336. The Morgan fingerprint density at radius 1 is 1.33 bits per heavy atom. The SMILES string of the molecule is CC(C)(C)C(=O)N1CCCCC1c1cnccn1. The Bertz CT molecular complexity index is 411. The summed E-state index contributed by atoms with van der Waals surface area (Å²) in [5, 5.41) is 0. The molecule has 1 amide bonds. The van der Waals surface area contributed by atoms with Crippen molar-refractivity contribution in [3.8, 4) is 0 Å². The molecule has 1 fully saturated rings. The average Bonchev–Trinajstić information content (AvgIpc) is 2.38. The van der Waals surface area contributed by atoms with Crippen LogP contribution in [-0.4, -0.2) is 27.3 Å². The Morgan fingerprint density at radius 2 is 2.11 bits per heavy atom. The van der Waals surface area contributed by atoms with Gasteiger partial charge in [-0.1, -0.05) is 20.8 Å². The van der Waals surface area contributed by atoms with E-state index in [9.17, 15) is 4.79 Å². The number of hydrogen-bond donors (Lipinski definition) is 0. The second-order valence-electron chi connectivity index (χ2n) is 5.89. The third kappa shape index (κ3) is 2.68. The summed E-state index contributed by atoms with van der Waals surface area (Å²) in [6.07, 6.45) is 8.36. The maximum Gasteiger partial charge on any atom is 0.228 e. The number of carbonyl (C=O) groups excluding carboxylic acids is 1. The molecular formula is C14H21N3O. The van der Waals surface area contributed by atoms with Gasteiger partial charge in [-0.3, -0.25) is 14.8 Å². The molecule has 4 nitrogen and oxygen atoms in total. The van der Waals surface area contributed by atoms with E-state index in [1.165, 1.54) is 0 Å². The monoisotopic (exact) mass is 247 g/mol. The molecule has 0 radical (unpaired) electrons. The molecule has 0 saturated carbocycles. The number of carbonyl (C=O) groups is 1. The Labute approximate surface area is 108 Å². The largest absolute Gasteiger partial charge is 0.334 e. The Morgan fingerprint density at radius 3 is 2.72 bits per heavy atom. The van der Waals surface area contributed by atoms with Gasteiger partial charge in [0, 0.05) is 24.4 Å². The van der Waals surface area contributed by atoms with Gasteiger partial charge in [0.2, 0.25) is 5.91 Å². The van der Waals surface area contributed by atoms with Gasteiger partial charge >= 0.3 is 0 Å². The van der Waals surface area contributed by atoms with Crippen molar-refractivity contribution in [2.24, 2.45) is 5.41 Å². The Kier molecular flexibility index (Phi) is 3.64. The molecule has 0 bridgehead atoms. The number of nitrogens with zero attached hydrogens (tertiary/aromatic N) is 3. The fraction of sp³-hybridized carbons (Fsp3) is 0.643. The number of likely N-dealkylation sites (tertiary alicyclic amines) is 1. The molecule has 0 spiro atoms. The number of amides is 1. The maximum atomic E-state index is 12.5. The van der Waals surface area contributed by atoms with Crippen LogP contribution in [0, 0.1) is 5.41 Å². The molecule has 0 aliphatic carbocycles. The van der Waals surface area contributed by atoms with Crippen LogP contribution in [0.25, 0.3) is 0 Å². The molecule has 1 saturated heterocycles. The second-order valence-corrected chi connectivity index (χ2v) is 5.89.